The maximum absolute atomic E-state index is 12.2. The van der Waals surface area contributed by atoms with E-state index in [1.165, 1.54) is 13.2 Å². The number of hydrogen-bond acceptors (Lipinski definition) is 4. The topological polar surface area (TPSA) is 67.8 Å². The lowest BCUT2D eigenvalue weighted by atomic mass is 10.0. The van der Waals surface area contributed by atoms with Gasteiger partial charge in [-0.1, -0.05) is 11.8 Å². The van der Waals surface area contributed by atoms with Gasteiger partial charge in [-0.3, -0.25) is 4.79 Å². The second-order valence-corrected chi connectivity index (χ2v) is 4.89. The molecule has 116 valence electrons. The summed E-state index contributed by atoms with van der Waals surface area (Å²) in [5, 5.41) is 12.8. The van der Waals surface area contributed by atoms with Crippen LogP contribution in [0.1, 0.15) is 12.5 Å². The van der Waals surface area contributed by atoms with Crippen LogP contribution in [-0.4, -0.2) is 24.7 Å². The normalized spacial score (nSPS) is 17.2. The first-order chi connectivity index (χ1) is 11.1. The number of ether oxygens (including phenoxy) is 2. The van der Waals surface area contributed by atoms with E-state index in [0.717, 1.165) is 0 Å². The number of carbonyl (C=O) groups excluding carboxylic acids is 1. The van der Waals surface area contributed by atoms with E-state index in [4.69, 9.17) is 9.47 Å². The summed E-state index contributed by atoms with van der Waals surface area (Å²) in [6, 6.07) is 4.93. The van der Waals surface area contributed by atoms with Crippen molar-refractivity contribution < 1.29 is 19.4 Å². The average Bonchev–Trinajstić information content (AvgIpc) is 2.84. The Morgan fingerprint density at radius 3 is 2.91 bits per heavy atom. The number of nitrogens with one attached hydrogen (secondary N) is 1. The molecule has 23 heavy (non-hydrogen) atoms. The largest absolute Gasteiger partial charge is 0.507 e. The molecule has 0 radical (unpaired) electrons. The van der Waals surface area contributed by atoms with E-state index in [0.29, 0.717) is 40.5 Å². The fourth-order valence-corrected chi connectivity index (χ4v) is 2.42. The number of amides is 1. The number of methoxy groups -OCH3 is 1. The molecule has 3 rings (SSSR count). The van der Waals surface area contributed by atoms with E-state index >= 15 is 0 Å². The van der Waals surface area contributed by atoms with Crippen molar-refractivity contribution in [2.45, 2.75) is 6.92 Å². The molecular formula is C18H15NO4. The molecule has 1 fully saturated rings. The molecule has 1 heterocycles. The molecule has 0 unspecified atom stereocenters. The van der Waals surface area contributed by atoms with Gasteiger partial charge in [0.2, 0.25) is 0 Å². The predicted molar refractivity (Wildman–Crippen MR) is 84.5 cm³/mol. The van der Waals surface area contributed by atoms with Gasteiger partial charge in [-0.25, -0.2) is 0 Å². The first-order valence-corrected chi connectivity index (χ1v) is 7.14. The van der Waals surface area contributed by atoms with Crippen LogP contribution in [0.15, 0.2) is 58.3 Å². The molecule has 1 aromatic carbocycles. The molecule has 2 N–H and O–H groups in total. The van der Waals surface area contributed by atoms with Crippen LogP contribution in [-0.2, 0) is 9.53 Å². The number of fused-ring (bicyclic) bond motifs is 1. The van der Waals surface area contributed by atoms with Crippen LogP contribution in [0.5, 0.6) is 11.5 Å². The molecule has 1 aliphatic carbocycles. The number of hydrogen-bond donors (Lipinski definition) is 2. The highest BCUT2D eigenvalue weighted by molar-refractivity contribution is 6.09. The molecule has 0 saturated carbocycles. The first-order valence-electron chi connectivity index (χ1n) is 7.14. The SMILES string of the molecule is CCOC1=C=C=C2C(=C1)NC(=O)/C2=C/c1c(O)cccc1OC. The third-order valence-corrected chi connectivity index (χ3v) is 3.47. The van der Waals surface area contributed by atoms with Crippen molar-refractivity contribution in [2.24, 2.45) is 0 Å². The zero-order valence-corrected chi connectivity index (χ0v) is 12.8. The maximum atomic E-state index is 12.2. The van der Waals surface area contributed by atoms with E-state index in [1.54, 1.807) is 24.3 Å². The van der Waals surface area contributed by atoms with Gasteiger partial charge in [-0.05, 0) is 30.9 Å². The highest BCUT2D eigenvalue weighted by Crippen LogP contribution is 2.34. The molecule has 5 heteroatoms. The summed E-state index contributed by atoms with van der Waals surface area (Å²) in [7, 11) is 1.51. The van der Waals surface area contributed by atoms with Crippen molar-refractivity contribution in [1.82, 2.24) is 5.32 Å². The highest BCUT2D eigenvalue weighted by Gasteiger charge is 2.29. The van der Waals surface area contributed by atoms with Gasteiger partial charge in [0.1, 0.15) is 11.5 Å². The number of aromatic hydroxyl groups is 1. The monoisotopic (exact) mass is 309 g/mol. The Bertz CT molecular complexity index is 848. The smallest absolute Gasteiger partial charge is 0.257 e. The Morgan fingerprint density at radius 1 is 1.35 bits per heavy atom. The van der Waals surface area contributed by atoms with E-state index in [2.05, 4.69) is 16.8 Å². The fraction of sp³-hybridized carbons (Fsp3) is 0.167. The summed E-state index contributed by atoms with van der Waals surface area (Å²) in [4.78, 5) is 12.2. The standard InChI is InChI=1S/C18H15NO4/c1-3-23-11-7-8-12-13(18(21)19-15(12)9-11)10-14-16(20)5-4-6-17(14)22-2/h4-6,9-10,20H,3H2,1-2H3,(H,19,21)/b13-10+. The van der Waals surface area contributed by atoms with E-state index in [9.17, 15) is 9.90 Å². The first kappa shape index (κ1) is 14.8. The molecule has 1 saturated heterocycles. The summed E-state index contributed by atoms with van der Waals surface area (Å²) in [5.74, 6) is 0.762. The fourth-order valence-electron chi connectivity index (χ4n) is 2.42. The van der Waals surface area contributed by atoms with Crippen LogP contribution < -0.4 is 10.1 Å². The lowest BCUT2D eigenvalue weighted by molar-refractivity contribution is -0.115. The molecule has 2 aliphatic rings. The van der Waals surface area contributed by atoms with Gasteiger partial charge in [0, 0.05) is 6.08 Å². The zero-order chi connectivity index (χ0) is 16.4. The van der Waals surface area contributed by atoms with E-state index < -0.39 is 0 Å². The van der Waals surface area contributed by atoms with Gasteiger partial charge in [0.15, 0.2) is 5.76 Å². The minimum atomic E-state index is -0.274. The second-order valence-electron chi connectivity index (χ2n) is 4.89. The second kappa shape index (κ2) is 5.93. The minimum Gasteiger partial charge on any atom is -0.507 e. The van der Waals surface area contributed by atoms with Gasteiger partial charge in [-0.2, -0.15) is 0 Å². The third-order valence-electron chi connectivity index (χ3n) is 3.47. The highest BCUT2D eigenvalue weighted by atomic mass is 16.5. The van der Waals surface area contributed by atoms with Crippen molar-refractivity contribution in [3.05, 3.63) is 63.9 Å². The molecule has 0 spiro atoms. The molecule has 5 nitrogen and oxygen atoms in total. The van der Waals surface area contributed by atoms with Crippen LogP contribution in [0.2, 0.25) is 0 Å². The quantitative estimate of drug-likeness (QED) is 0.662. The lowest BCUT2D eigenvalue weighted by Gasteiger charge is -2.07. The summed E-state index contributed by atoms with van der Waals surface area (Å²) < 4.78 is 10.6. The molecule has 0 bridgehead atoms. The van der Waals surface area contributed by atoms with Gasteiger partial charge in [0.05, 0.1) is 36.1 Å². The molecule has 1 aromatic rings. The average molecular weight is 309 g/mol. The molecule has 0 aromatic heterocycles. The number of rotatable bonds is 4. The Hall–Kier alpha value is -3.13. The molecule has 1 aliphatic heterocycles. The predicted octanol–water partition coefficient (Wildman–Crippen LogP) is 2.41. The summed E-state index contributed by atoms with van der Waals surface area (Å²) in [6.45, 7) is 2.38. The van der Waals surface area contributed by atoms with E-state index in [1.807, 2.05) is 6.92 Å². The van der Waals surface area contributed by atoms with Gasteiger partial charge < -0.3 is 19.9 Å². The van der Waals surface area contributed by atoms with Crippen LogP contribution in [0, 0.1) is 0 Å². The van der Waals surface area contributed by atoms with Crippen molar-refractivity contribution in [2.75, 3.05) is 13.7 Å². The third kappa shape index (κ3) is 2.67. The van der Waals surface area contributed by atoms with Crippen LogP contribution in [0.4, 0.5) is 0 Å². The maximum Gasteiger partial charge on any atom is 0.257 e. The van der Waals surface area contributed by atoms with E-state index in [-0.39, 0.29) is 11.7 Å². The van der Waals surface area contributed by atoms with Gasteiger partial charge in [-0.15, -0.1) is 0 Å². The number of allylic oxidation sites excluding steroid dienone is 2. The Kier molecular flexibility index (Phi) is 3.82. The van der Waals surface area contributed by atoms with Crippen LogP contribution >= 0.6 is 0 Å². The number of phenols is 1. The van der Waals surface area contributed by atoms with Crippen LogP contribution in [0.25, 0.3) is 6.08 Å². The number of carbonyl (C=O) groups is 1. The molecule has 1 amide bonds. The van der Waals surface area contributed by atoms with Crippen molar-refractivity contribution >= 4 is 12.0 Å². The number of phenolic OH excluding ortho intramolecular Hbond substituents is 1. The molecule has 0 atom stereocenters. The Balaban J connectivity index is 2.12. The lowest BCUT2D eigenvalue weighted by Crippen LogP contribution is -2.13. The minimum absolute atomic E-state index is 0.0352. The zero-order valence-electron chi connectivity index (χ0n) is 12.8. The molecular weight excluding hydrogens is 294 g/mol. The summed E-state index contributed by atoms with van der Waals surface area (Å²) >= 11 is 0. The summed E-state index contributed by atoms with van der Waals surface area (Å²) in [5.41, 5.74) is 7.84. The van der Waals surface area contributed by atoms with Gasteiger partial charge >= 0.3 is 0 Å². The Morgan fingerprint density at radius 2 is 2.17 bits per heavy atom. The van der Waals surface area contributed by atoms with Crippen molar-refractivity contribution in [3.8, 4) is 11.5 Å². The van der Waals surface area contributed by atoms with Crippen molar-refractivity contribution in [3.63, 3.8) is 0 Å². The van der Waals surface area contributed by atoms with Crippen LogP contribution in [0.3, 0.4) is 0 Å². The summed E-state index contributed by atoms with van der Waals surface area (Å²) in [6.07, 6.45) is 3.29. The number of benzene rings is 1. The van der Waals surface area contributed by atoms with Crippen molar-refractivity contribution in [1.29, 1.82) is 0 Å². The Labute approximate surface area is 133 Å². The van der Waals surface area contributed by atoms with Gasteiger partial charge in [0.25, 0.3) is 5.91 Å².